The predicted octanol–water partition coefficient (Wildman–Crippen LogP) is 0.746. The van der Waals surface area contributed by atoms with Gasteiger partial charge < -0.3 is 29.6 Å². The van der Waals surface area contributed by atoms with Crippen molar-refractivity contribution >= 4 is 15.2 Å². The van der Waals surface area contributed by atoms with Gasteiger partial charge in [-0.2, -0.15) is 0 Å². The summed E-state index contributed by atoms with van der Waals surface area (Å²) in [5, 5.41) is 6.54. The van der Waals surface area contributed by atoms with Gasteiger partial charge in [-0.15, -0.1) is 0 Å². The second kappa shape index (κ2) is 6.77. The highest BCUT2D eigenvalue weighted by atomic mass is 31.2. The molecule has 1 fully saturated rings. The number of aliphatic hydroxyl groups is 1. The fraction of sp³-hybridized carbons (Fsp3) is 1.00. The first-order chi connectivity index (χ1) is 9.46. The Labute approximate surface area is 124 Å². The van der Waals surface area contributed by atoms with Crippen LogP contribution in [-0.2, 0) is 9.13 Å². The molecule has 8 nitrogen and oxygen atoms in total. The average Bonchev–Trinajstić information content (AvgIpc) is 2.75. The van der Waals surface area contributed by atoms with Gasteiger partial charge in [0.15, 0.2) is 0 Å². The summed E-state index contributed by atoms with van der Waals surface area (Å²) >= 11 is 0. The van der Waals surface area contributed by atoms with Crippen molar-refractivity contribution in [3.8, 4) is 0 Å². The van der Waals surface area contributed by atoms with E-state index in [4.69, 9.17) is 19.6 Å². The minimum Gasteiger partial charge on any atom is -0.367 e. The number of hydrogen-bond acceptors (Lipinski definition) is 4. The van der Waals surface area contributed by atoms with Crippen LogP contribution in [0.4, 0.5) is 0 Å². The van der Waals surface area contributed by atoms with Gasteiger partial charge in [0.05, 0.1) is 0 Å². The Balaban J connectivity index is 2.77. The third-order valence-corrected chi connectivity index (χ3v) is 8.27. The van der Waals surface area contributed by atoms with Gasteiger partial charge in [0.2, 0.25) is 0 Å². The molecule has 1 aliphatic heterocycles. The van der Waals surface area contributed by atoms with Gasteiger partial charge in [0.1, 0.15) is 0 Å². The molecule has 0 bridgehead atoms. The Morgan fingerprint density at radius 3 is 1.67 bits per heavy atom. The van der Waals surface area contributed by atoms with Crippen LogP contribution in [-0.4, -0.2) is 54.3 Å². The van der Waals surface area contributed by atoms with Crippen molar-refractivity contribution in [2.45, 2.75) is 38.2 Å². The van der Waals surface area contributed by atoms with Crippen LogP contribution in [0.25, 0.3) is 0 Å². The van der Waals surface area contributed by atoms with Crippen molar-refractivity contribution in [2.75, 3.05) is 19.6 Å². The van der Waals surface area contributed by atoms with E-state index in [0.717, 1.165) is 12.8 Å². The molecular weight excluding hydrogens is 320 g/mol. The lowest BCUT2D eigenvalue weighted by Crippen LogP contribution is -2.34. The van der Waals surface area contributed by atoms with E-state index in [1.165, 1.54) is 0 Å². The van der Waals surface area contributed by atoms with Gasteiger partial charge in [0, 0.05) is 26.1 Å². The van der Waals surface area contributed by atoms with E-state index in [9.17, 15) is 14.2 Å². The van der Waals surface area contributed by atoms with E-state index < -0.39 is 26.7 Å². The molecule has 0 spiro atoms. The highest BCUT2D eigenvalue weighted by Crippen LogP contribution is 2.68. The monoisotopic (exact) mass is 345 g/mol. The Morgan fingerprint density at radius 2 is 1.38 bits per heavy atom. The normalized spacial score (nSPS) is 25.5. The van der Waals surface area contributed by atoms with Crippen LogP contribution in [0.15, 0.2) is 0 Å². The third-order valence-electron chi connectivity index (χ3n) is 4.40. The maximum Gasteiger partial charge on any atom is 0.369 e. The summed E-state index contributed by atoms with van der Waals surface area (Å²) in [6, 6.07) is 0. The van der Waals surface area contributed by atoms with E-state index in [2.05, 4.69) is 13.8 Å². The zero-order chi connectivity index (χ0) is 16.5. The van der Waals surface area contributed by atoms with Crippen LogP contribution in [0, 0.1) is 11.8 Å². The lowest BCUT2D eigenvalue weighted by atomic mass is 9.92. The zero-order valence-electron chi connectivity index (χ0n) is 12.3. The minimum absolute atomic E-state index is 0.0414. The molecule has 0 saturated carbocycles. The molecule has 0 aromatic heterocycles. The lowest BCUT2D eigenvalue weighted by Gasteiger charge is -2.30. The highest BCUT2D eigenvalue weighted by Gasteiger charge is 2.59. The second-order valence-corrected chi connectivity index (χ2v) is 9.72. The zero-order valence-corrected chi connectivity index (χ0v) is 14.1. The van der Waals surface area contributed by atoms with E-state index in [0.29, 0.717) is 24.9 Å². The quantitative estimate of drug-likeness (QED) is 0.426. The van der Waals surface area contributed by atoms with E-state index in [-0.39, 0.29) is 6.54 Å². The lowest BCUT2D eigenvalue weighted by molar-refractivity contribution is 0.111. The molecule has 21 heavy (non-hydrogen) atoms. The summed E-state index contributed by atoms with van der Waals surface area (Å²) in [7, 11) is -10.7. The van der Waals surface area contributed by atoms with E-state index in [1.54, 1.807) is 0 Å². The van der Waals surface area contributed by atoms with Crippen LogP contribution in [0.3, 0.4) is 0 Å². The SMILES string of the molecule is CCC1CN(CCC(O)(P(=O)(O)O)P(=O)(O)O)CC1CC. The largest absolute Gasteiger partial charge is 0.369 e. The van der Waals surface area contributed by atoms with Crippen molar-refractivity contribution in [2.24, 2.45) is 11.8 Å². The average molecular weight is 345 g/mol. The van der Waals surface area contributed by atoms with Gasteiger partial charge in [-0.3, -0.25) is 9.13 Å². The molecule has 0 aliphatic carbocycles. The molecule has 0 amide bonds. The van der Waals surface area contributed by atoms with E-state index in [1.807, 2.05) is 4.90 Å². The summed E-state index contributed by atoms with van der Waals surface area (Å²) in [6.07, 6.45) is 1.31. The van der Waals surface area contributed by atoms with E-state index >= 15 is 0 Å². The van der Waals surface area contributed by atoms with Crippen LogP contribution in [0.2, 0.25) is 0 Å². The minimum atomic E-state index is -5.34. The van der Waals surface area contributed by atoms with Crippen molar-refractivity contribution < 1.29 is 33.8 Å². The van der Waals surface area contributed by atoms with Crippen molar-refractivity contribution in [3.63, 3.8) is 0 Å². The summed E-state index contributed by atoms with van der Waals surface area (Å²) in [4.78, 5) is 38.3. The first-order valence-electron chi connectivity index (χ1n) is 7.02. The highest BCUT2D eigenvalue weighted by molar-refractivity contribution is 7.72. The predicted molar refractivity (Wildman–Crippen MR) is 77.7 cm³/mol. The third kappa shape index (κ3) is 4.15. The number of hydrogen-bond donors (Lipinski definition) is 5. The Bertz CT molecular complexity index is 412. The molecular formula is C11H25NO7P2. The summed E-state index contributed by atoms with van der Waals surface area (Å²) in [6.45, 7) is 5.61. The standard InChI is InChI=1S/C11H25NO7P2/c1-3-9-7-12(8-10(9)4-2)6-5-11(13,20(14,15)16)21(17,18)19/h9-10,13H,3-8H2,1-2H3,(H2,14,15,16)(H2,17,18,19). The Kier molecular flexibility index (Phi) is 6.21. The summed E-state index contributed by atoms with van der Waals surface area (Å²) in [5.41, 5.74) is 0. The smallest absolute Gasteiger partial charge is 0.367 e. The van der Waals surface area contributed by atoms with Crippen LogP contribution in [0.5, 0.6) is 0 Å². The van der Waals surface area contributed by atoms with Gasteiger partial charge >= 0.3 is 15.2 Å². The van der Waals surface area contributed by atoms with Crippen LogP contribution >= 0.6 is 15.2 Å². The number of likely N-dealkylation sites (tertiary alicyclic amines) is 1. The summed E-state index contributed by atoms with van der Waals surface area (Å²) < 4.78 is 22.6. The fourth-order valence-electron chi connectivity index (χ4n) is 2.91. The molecule has 5 N–H and O–H groups in total. The fourth-order valence-corrected chi connectivity index (χ4v) is 5.05. The molecule has 1 aliphatic rings. The maximum absolute atomic E-state index is 11.3. The molecule has 1 saturated heterocycles. The van der Waals surface area contributed by atoms with Crippen molar-refractivity contribution in [1.29, 1.82) is 0 Å². The molecule has 0 aromatic carbocycles. The number of nitrogens with zero attached hydrogens (tertiary/aromatic N) is 1. The molecule has 2 atom stereocenters. The van der Waals surface area contributed by atoms with Crippen LogP contribution in [0.1, 0.15) is 33.1 Å². The van der Waals surface area contributed by atoms with Gasteiger partial charge in [-0.1, -0.05) is 26.7 Å². The van der Waals surface area contributed by atoms with Crippen molar-refractivity contribution in [3.05, 3.63) is 0 Å². The molecule has 126 valence electrons. The first kappa shape index (κ1) is 19.3. The molecule has 0 radical (unpaired) electrons. The Morgan fingerprint density at radius 1 is 1.00 bits per heavy atom. The maximum atomic E-state index is 11.3. The molecule has 1 heterocycles. The van der Waals surface area contributed by atoms with Crippen molar-refractivity contribution in [1.82, 2.24) is 4.90 Å². The van der Waals surface area contributed by atoms with Gasteiger partial charge in [-0.25, -0.2) is 0 Å². The molecule has 0 aromatic rings. The Hall–Kier alpha value is 0.220. The first-order valence-corrected chi connectivity index (χ1v) is 10.2. The molecule has 1 rings (SSSR count). The molecule has 2 unspecified atom stereocenters. The number of rotatable bonds is 7. The molecule has 10 heteroatoms. The topological polar surface area (TPSA) is 139 Å². The summed E-state index contributed by atoms with van der Waals surface area (Å²) in [5.74, 6) is 0.932. The van der Waals surface area contributed by atoms with Gasteiger partial charge in [0.25, 0.3) is 5.08 Å². The second-order valence-electron chi connectivity index (χ2n) is 5.71. The van der Waals surface area contributed by atoms with Crippen LogP contribution < -0.4 is 0 Å². The van der Waals surface area contributed by atoms with Gasteiger partial charge in [-0.05, 0) is 11.8 Å².